The molecule has 122 valence electrons. The van der Waals surface area contributed by atoms with Crippen molar-refractivity contribution in [2.45, 2.75) is 6.54 Å². The fourth-order valence-corrected chi connectivity index (χ4v) is 3.52. The first kappa shape index (κ1) is 14.7. The Morgan fingerprint density at radius 3 is 2.62 bits per heavy atom. The molecule has 4 aromatic rings. The zero-order valence-corrected chi connectivity index (χ0v) is 14.0. The maximum atomic E-state index is 5.93. The summed E-state index contributed by atoms with van der Waals surface area (Å²) in [5, 5.41) is 9.79. The number of thiazole rings is 1. The van der Waals surface area contributed by atoms with Gasteiger partial charge in [-0.2, -0.15) is 15.0 Å². The Morgan fingerprint density at radius 2 is 1.88 bits per heavy atom. The summed E-state index contributed by atoms with van der Waals surface area (Å²) in [5.41, 5.74) is 8.91. The van der Waals surface area contributed by atoms with Crippen LogP contribution in [0.25, 0.3) is 21.3 Å². The minimum absolute atomic E-state index is 0.484. The van der Waals surface area contributed by atoms with Gasteiger partial charge in [-0.05, 0) is 12.1 Å². The molecule has 0 radical (unpaired) electrons. The van der Waals surface area contributed by atoms with Crippen molar-refractivity contribution in [1.82, 2.24) is 20.0 Å². The van der Waals surface area contributed by atoms with Crippen LogP contribution in [0.1, 0.15) is 5.01 Å². The molecule has 4 rings (SSSR count). The molecule has 2 aromatic heterocycles. The molecule has 0 bridgehead atoms. The van der Waals surface area contributed by atoms with Gasteiger partial charge in [0.1, 0.15) is 22.6 Å². The number of benzene rings is 2. The molecule has 0 unspecified atom stereocenters. The molecule has 0 fully saturated rings. The highest BCUT2D eigenvalue weighted by Crippen LogP contribution is 2.34. The fourth-order valence-electron chi connectivity index (χ4n) is 2.56. The molecule has 7 nitrogen and oxygen atoms in total. The first-order valence-corrected chi connectivity index (χ1v) is 8.10. The predicted octanol–water partition coefficient (Wildman–Crippen LogP) is 2.69. The zero-order chi connectivity index (χ0) is 16.7. The number of fused-ring (bicyclic) bond motifs is 2. The largest absolute Gasteiger partial charge is 0.493 e. The van der Waals surface area contributed by atoms with Crippen LogP contribution in [0.3, 0.4) is 0 Å². The number of nitrogen functional groups attached to an aromatic ring is 1. The summed E-state index contributed by atoms with van der Waals surface area (Å²) in [7, 11) is 3.23. The third-order valence-electron chi connectivity index (χ3n) is 3.70. The molecule has 2 heterocycles. The van der Waals surface area contributed by atoms with Crippen molar-refractivity contribution < 1.29 is 9.47 Å². The van der Waals surface area contributed by atoms with Crippen molar-refractivity contribution in [3.63, 3.8) is 0 Å². The van der Waals surface area contributed by atoms with Crippen molar-refractivity contribution in [3.05, 3.63) is 35.3 Å². The Hall–Kier alpha value is -2.87. The standard InChI is InChI=1S/C16H15N5O2S/c1-22-12-6-11-14(7-13(12)23-2)24-15(18-11)8-21-19-10-5-3-4-9(17)16(10)20-21/h3-7H,8,17H2,1-2H3. The van der Waals surface area contributed by atoms with Crippen LogP contribution < -0.4 is 15.2 Å². The number of rotatable bonds is 4. The third kappa shape index (κ3) is 2.41. The average Bonchev–Trinajstić information content (AvgIpc) is 3.16. The fraction of sp³-hybridized carbons (Fsp3) is 0.188. The highest BCUT2D eigenvalue weighted by molar-refractivity contribution is 7.18. The summed E-state index contributed by atoms with van der Waals surface area (Å²) < 4.78 is 11.7. The number of aromatic nitrogens is 4. The van der Waals surface area contributed by atoms with Crippen LogP contribution in [0.15, 0.2) is 30.3 Å². The maximum absolute atomic E-state index is 5.93. The topological polar surface area (TPSA) is 88.1 Å². The number of methoxy groups -OCH3 is 2. The van der Waals surface area contributed by atoms with Gasteiger partial charge in [-0.15, -0.1) is 11.3 Å². The van der Waals surface area contributed by atoms with Crippen molar-refractivity contribution in [1.29, 1.82) is 0 Å². The van der Waals surface area contributed by atoms with Crippen molar-refractivity contribution >= 4 is 38.3 Å². The van der Waals surface area contributed by atoms with E-state index < -0.39 is 0 Å². The average molecular weight is 341 g/mol. The Kier molecular flexibility index (Phi) is 3.46. The molecule has 0 atom stereocenters. The molecule has 0 saturated carbocycles. The normalized spacial score (nSPS) is 11.2. The number of anilines is 1. The van der Waals surface area contributed by atoms with Gasteiger partial charge in [0.25, 0.3) is 0 Å². The minimum Gasteiger partial charge on any atom is -0.493 e. The van der Waals surface area contributed by atoms with E-state index in [0.29, 0.717) is 29.2 Å². The van der Waals surface area contributed by atoms with Crippen LogP contribution in [-0.2, 0) is 6.54 Å². The molecular weight excluding hydrogens is 326 g/mol. The highest BCUT2D eigenvalue weighted by atomic mass is 32.1. The second-order valence-corrected chi connectivity index (χ2v) is 6.34. The van der Waals surface area contributed by atoms with E-state index in [9.17, 15) is 0 Å². The monoisotopic (exact) mass is 341 g/mol. The minimum atomic E-state index is 0.484. The van der Waals surface area contributed by atoms with Gasteiger partial charge in [-0.3, -0.25) is 0 Å². The zero-order valence-electron chi connectivity index (χ0n) is 13.2. The molecule has 2 N–H and O–H groups in total. The highest BCUT2D eigenvalue weighted by Gasteiger charge is 2.12. The molecule has 8 heteroatoms. The SMILES string of the molecule is COc1cc2nc(Cn3nc4cccc(N)c4n3)sc2cc1OC. The summed E-state index contributed by atoms with van der Waals surface area (Å²) in [6.45, 7) is 0.484. The summed E-state index contributed by atoms with van der Waals surface area (Å²) in [6.07, 6.45) is 0. The van der Waals surface area contributed by atoms with E-state index in [1.54, 1.807) is 30.4 Å². The summed E-state index contributed by atoms with van der Waals surface area (Å²) >= 11 is 1.58. The van der Waals surface area contributed by atoms with E-state index in [0.717, 1.165) is 20.7 Å². The smallest absolute Gasteiger partial charge is 0.162 e. The molecule has 0 spiro atoms. The van der Waals surface area contributed by atoms with Gasteiger partial charge in [-0.25, -0.2) is 4.98 Å². The molecule has 0 aliphatic carbocycles. The van der Waals surface area contributed by atoms with Crippen LogP contribution in [0, 0.1) is 0 Å². The summed E-state index contributed by atoms with van der Waals surface area (Å²) in [6, 6.07) is 9.38. The lowest BCUT2D eigenvalue weighted by Gasteiger charge is -2.05. The molecule has 0 aliphatic rings. The lowest BCUT2D eigenvalue weighted by atomic mass is 10.3. The molecule has 24 heavy (non-hydrogen) atoms. The van der Waals surface area contributed by atoms with Gasteiger partial charge in [0.15, 0.2) is 11.5 Å². The van der Waals surface area contributed by atoms with Gasteiger partial charge >= 0.3 is 0 Å². The van der Waals surface area contributed by atoms with E-state index in [1.807, 2.05) is 30.3 Å². The Labute approximate surface area is 141 Å². The second-order valence-electron chi connectivity index (χ2n) is 5.23. The van der Waals surface area contributed by atoms with Gasteiger partial charge in [0.05, 0.1) is 30.1 Å². The number of hydrogen-bond acceptors (Lipinski definition) is 7. The Bertz CT molecular complexity index is 999. The predicted molar refractivity (Wildman–Crippen MR) is 93.8 cm³/mol. The van der Waals surface area contributed by atoms with Gasteiger partial charge in [0, 0.05) is 12.1 Å². The lowest BCUT2D eigenvalue weighted by molar-refractivity contribution is 0.356. The van der Waals surface area contributed by atoms with Crippen LogP contribution in [-0.4, -0.2) is 34.2 Å². The summed E-state index contributed by atoms with van der Waals surface area (Å²) in [5.74, 6) is 1.36. The first-order valence-electron chi connectivity index (χ1n) is 7.28. The van der Waals surface area contributed by atoms with Crippen LogP contribution in [0.5, 0.6) is 11.5 Å². The van der Waals surface area contributed by atoms with Gasteiger partial charge < -0.3 is 15.2 Å². The van der Waals surface area contributed by atoms with E-state index in [2.05, 4.69) is 15.2 Å². The Balaban J connectivity index is 1.72. The molecule has 0 saturated heterocycles. The maximum Gasteiger partial charge on any atom is 0.162 e. The first-order chi connectivity index (χ1) is 11.7. The van der Waals surface area contributed by atoms with E-state index >= 15 is 0 Å². The van der Waals surface area contributed by atoms with E-state index in [4.69, 9.17) is 15.2 Å². The third-order valence-corrected chi connectivity index (χ3v) is 4.70. The van der Waals surface area contributed by atoms with Crippen LogP contribution >= 0.6 is 11.3 Å². The number of nitrogens with two attached hydrogens (primary N) is 1. The number of nitrogens with zero attached hydrogens (tertiary/aromatic N) is 4. The lowest BCUT2D eigenvalue weighted by Crippen LogP contribution is -2.03. The molecule has 0 aliphatic heterocycles. The number of hydrogen-bond donors (Lipinski definition) is 1. The molecular formula is C16H15N5O2S. The number of ether oxygens (including phenoxy) is 2. The van der Waals surface area contributed by atoms with Crippen LogP contribution in [0.4, 0.5) is 5.69 Å². The second kappa shape index (κ2) is 5.64. The quantitative estimate of drug-likeness (QED) is 0.574. The summed E-state index contributed by atoms with van der Waals surface area (Å²) in [4.78, 5) is 6.25. The molecule has 0 amide bonds. The van der Waals surface area contributed by atoms with E-state index in [1.165, 1.54) is 0 Å². The van der Waals surface area contributed by atoms with Crippen LogP contribution in [0.2, 0.25) is 0 Å². The van der Waals surface area contributed by atoms with Gasteiger partial charge in [-0.1, -0.05) is 6.07 Å². The van der Waals surface area contributed by atoms with Gasteiger partial charge in [0.2, 0.25) is 0 Å². The van der Waals surface area contributed by atoms with Crippen molar-refractivity contribution in [2.75, 3.05) is 20.0 Å². The van der Waals surface area contributed by atoms with Crippen molar-refractivity contribution in [3.8, 4) is 11.5 Å². The van der Waals surface area contributed by atoms with Crippen molar-refractivity contribution in [2.24, 2.45) is 0 Å². The van der Waals surface area contributed by atoms with E-state index in [-0.39, 0.29) is 0 Å². The Morgan fingerprint density at radius 1 is 1.08 bits per heavy atom. The molecule has 2 aromatic carbocycles.